The van der Waals surface area contributed by atoms with Gasteiger partial charge in [-0.25, -0.2) is 0 Å². The van der Waals surface area contributed by atoms with Gasteiger partial charge in [0, 0.05) is 36.1 Å². The summed E-state index contributed by atoms with van der Waals surface area (Å²) in [6.45, 7) is 2.52. The maximum absolute atomic E-state index is 13.2. The number of hydrogen-bond donors (Lipinski definition) is 1. The van der Waals surface area contributed by atoms with Gasteiger partial charge in [0.15, 0.2) is 0 Å². The zero-order chi connectivity index (χ0) is 19.3. The van der Waals surface area contributed by atoms with Gasteiger partial charge in [-0.2, -0.15) is 9.78 Å². The first-order valence-electron chi connectivity index (χ1n) is 9.11. The number of benzene rings is 2. The molecule has 1 N–H and O–H groups in total. The van der Waals surface area contributed by atoms with E-state index in [1.54, 1.807) is 12.4 Å². The Morgan fingerprint density at radius 2 is 1.79 bits per heavy atom. The van der Waals surface area contributed by atoms with E-state index < -0.39 is 0 Å². The highest BCUT2D eigenvalue weighted by Crippen LogP contribution is 2.23. The predicted octanol–water partition coefficient (Wildman–Crippen LogP) is 4.55. The molecule has 2 aromatic heterocycles. The minimum Gasteiger partial charge on any atom is -0.366 e. The summed E-state index contributed by atoms with van der Waals surface area (Å²) >= 11 is 0. The maximum atomic E-state index is 13.2. The molecule has 0 bridgehead atoms. The lowest BCUT2D eigenvalue weighted by atomic mass is 10.1. The number of hydrogen-bond acceptors (Lipinski definition) is 4. The Bertz CT molecular complexity index is 1090. The summed E-state index contributed by atoms with van der Waals surface area (Å²) in [4.78, 5) is 17.3. The number of carbonyl (C=O) groups is 1. The van der Waals surface area contributed by atoms with E-state index in [0.717, 1.165) is 16.7 Å². The molecule has 0 unspecified atom stereocenters. The van der Waals surface area contributed by atoms with Crippen LogP contribution in [0.1, 0.15) is 21.5 Å². The third-order valence-corrected chi connectivity index (χ3v) is 4.55. The lowest BCUT2D eigenvalue weighted by molar-refractivity contribution is 0.0947. The molecule has 0 aliphatic rings. The predicted molar refractivity (Wildman–Crippen MR) is 110 cm³/mol. The second kappa shape index (κ2) is 7.88. The highest BCUT2D eigenvalue weighted by molar-refractivity contribution is 5.98. The van der Waals surface area contributed by atoms with E-state index in [0.29, 0.717) is 23.6 Å². The molecule has 0 saturated heterocycles. The molecule has 0 radical (unpaired) electrons. The van der Waals surface area contributed by atoms with Gasteiger partial charge in [-0.1, -0.05) is 48.5 Å². The Labute approximate surface area is 163 Å². The van der Waals surface area contributed by atoms with Crippen molar-refractivity contribution in [3.05, 3.63) is 102 Å². The van der Waals surface area contributed by atoms with Crippen LogP contribution in [0, 0.1) is 6.92 Å². The van der Waals surface area contributed by atoms with Crippen LogP contribution in [0.4, 0.5) is 5.82 Å². The third kappa shape index (κ3) is 3.69. The summed E-state index contributed by atoms with van der Waals surface area (Å²) in [5, 5.41) is 7.92. The van der Waals surface area contributed by atoms with Crippen molar-refractivity contribution in [2.75, 3.05) is 5.32 Å². The fourth-order valence-corrected chi connectivity index (χ4v) is 3.03. The Balaban J connectivity index is 1.71. The molecule has 0 aliphatic carbocycles. The average molecular weight is 368 g/mol. The Hall–Kier alpha value is -3.73. The van der Waals surface area contributed by atoms with E-state index in [1.165, 1.54) is 4.68 Å². The molecule has 0 spiro atoms. The minimum absolute atomic E-state index is 0.163. The SMILES string of the molecule is Cc1ccccc1C(=O)n1nc(-c2cccnc2)cc1NCc1ccccc1. The van der Waals surface area contributed by atoms with Gasteiger partial charge in [-0.3, -0.25) is 9.78 Å². The van der Waals surface area contributed by atoms with Crippen molar-refractivity contribution >= 4 is 11.7 Å². The molecule has 138 valence electrons. The van der Waals surface area contributed by atoms with E-state index in [1.807, 2.05) is 79.7 Å². The van der Waals surface area contributed by atoms with Gasteiger partial charge in [-0.05, 0) is 36.2 Å². The Morgan fingerprint density at radius 3 is 2.54 bits per heavy atom. The van der Waals surface area contributed by atoms with Crippen LogP contribution >= 0.6 is 0 Å². The topological polar surface area (TPSA) is 59.8 Å². The molecule has 28 heavy (non-hydrogen) atoms. The molecule has 0 aliphatic heterocycles. The lowest BCUT2D eigenvalue weighted by Gasteiger charge is -2.10. The van der Waals surface area contributed by atoms with Gasteiger partial charge in [-0.15, -0.1) is 0 Å². The van der Waals surface area contributed by atoms with Crippen LogP contribution in [0.25, 0.3) is 11.3 Å². The number of nitrogens with one attached hydrogen (secondary N) is 1. The number of aryl methyl sites for hydroxylation is 1. The normalized spacial score (nSPS) is 10.6. The summed E-state index contributed by atoms with van der Waals surface area (Å²) in [5.74, 6) is 0.486. The van der Waals surface area contributed by atoms with Crippen LogP contribution in [0.3, 0.4) is 0 Å². The summed E-state index contributed by atoms with van der Waals surface area (Å²) in [6.07, 6.45) is 3.46. The molecule has 0 fully saturated rings. The van der Waals surface area contributed by atoms with Gasteiger partial charge in [0.1, 0.15) is 5.82 Å². The van der Waals surface area contributed by atoms with Crippen LogP contribution < -0.4 is 5.32 Å². The Morgan fingerprint density at radius 1 is 1.00 bits per heavy atom. The van der Waals surface area contributed by atoms with Gasteiger partial charge >= 0.3 is 0 Å². The highest BCUT2D eigenvalue weighted by atomic mass is 16.2. The second-order valence-corrected chi connectivity index (χ2v) is 6.53. The van der Waals surface area contributed by atoms with Crippen molar-refractivity contribution in [2.45, 2.75) is 13.5 Å². The fourth-order valence-electron chi connectivity index (χ4n) is 3.03. The molecule has 2 heterocycles. The summed E-state index contributed by atoms with van der Waals surface area (Å²) < 4.78 is 1.44. The van der Waals surface area contributed by atoms with E-state index in [-0.39, 0.29) is 5.91 Å². The number of rotatable bonds is 5. The first kappa shape index (κ1) is 17.7. The summed E-state index contributed by atoms with van der Waals surface area (Å²) in [5.41, 5.74) is 4.24. The molecule has 4 rings (SSSR count). The third-order valence-electron chi connectivity index (χ3n) is 4.55. The lowest BCUT2D eigenvalue weighted by Crippen LogP contribution is -2.18. The van der Waals surface area contributed by atoms with Crippen LogP contribution in [-0.2, 0) is 6.54 Å². The summed E-state index contributed by atoms with van der Waals surface area (Å²) in [6, 6.07) is 23.3. The van der Waals surface area contributed by atoms with Crippen molar-refractivity contribution in [2.24, 2.45) is 0 Å². The molecule has 4 aromatic rings. The van der Waals surface area contributed by atoms with E-state index in [9.17, 15) is 4.79 Å². The van der Waals surface area contributed by atoms with Crippen LogP contribution in [0.5, 0.6) is 0 Å². The standard InChI is InChI=1S/C23H20N4O/c1-17-8-5-6-12-20(17)23(28)27-22(25-15-18-9-3-2-4-10-18)14-21(26-27)19-11-7-13-24-16-19/h2-14,16,25H,15H2,1H3. The van der Waals surface area contributed by atoms with Crippen molar-refractivity contribution < 1.29 is 4.79 Å². The first-order chi connectivity index (χ1) is 13.7. The largest absolute Gasteiger partial charge is 0.366 e. The molecule has 0 amide bonds. The molecule has 2 aromatic carbocycles. The molecule has 5 nitrogen and oxygen atoms in total. The maximum Gasteiger partial charge on any atom is 0.280 e. The fraction of sp³-hybridized carbons (Fsp3) is 0.0870. The second-order valence-electron chi connectivity index (χ2n) is 6.53. The average Bonchev–Trinajstić information content (AvgIpc) is 3.18. The Kier molecular flexibility index (Phi) is 4.97. The van der Waals surface area contributed by atoms with E-state index in [2.05, 4.69) is 15.4 Å². The van der Waals surface area contributed by atoms with Gasteiger partial charge < -0.3 is 5.32 Å². The molecule has 5 heteroatoms. The number of pyridine rings is 1. The molecule has 0 saturated carbocycles. The summed E-state index contributed by atoms with van der Waals surface area (Å²) in [7, 11) is 0. The van der Waals surface area contributed by atoms with Crippen molar-refractivity contribution in [1.29, 1.82) is 0 Å². The first-order valence-corrected chi connectivity index (χ1v) is 9.11. The van der Waals surface area contributed by atoms with Crippen LogP contribution in [0.15, 0.2) is 85.2 Å². The zero-order valence-corrected chi connectivity index (χ0v) is 15.5. The molecular formula is C23H20N4O. The van der Waals surface area contributed by atoms with E-state index >= 15 is 0 Å². The van der Waals surface area contributed by atoms with Crippen molar-refractivity contribution in [3.63, 3.8) is 0 Å². The van der Waals surface area contributed by atoms with Gasteiger partial charge in [0.25, 0.3) is 5.91 Å². The monoisotopic (exact) mass is 368 g/mol. The number of carbonyl (C=O) groups excluding carboxylic acids is 1. The quantitative estimate of drug-likeness (QED) is 0.561. The van der Waals surface area contributed by atoms with Gasteiger partial charge in [0.2, 0.25) is 0 Å². The number of aromatic nitrogens is 3. The molecular weight excluding hydrogens is 348 g/mol. The van der Waals surface area contributed by atoms with E-state index in [4.69, 9.17) is 0 Å². The van der Waals surface area contributed by atoms with Crippen molar-refractivity contribution in [3.8, 4) is 11.3 Å². The number of anilines is 1. The van der Waals surface area contributed by atoms with Crippen molar-refractivity contribution in [1.82, 2.24) is 14.8 Å². The zero-order valence-electron chi connectivity index (χ0n) is 15.5. The van der Waals surface area contributed by atoms with Crippen LogP contribution in [-0.4, -0.2) is 20.7 Å². The smallest absolute Gasteiger partial charge is 0.280 e. The van der Waals surface area contributed by atoms with Gasteiger partial charge in [0.05, 0.1) is 5.69 Å². The highest BCUT2D eigenvalue weighted by Gasteiger charge is 2.18. The minimum atomic E-state index is -0.163. The van der Waals surface area contributed by atoms with Crippen LogP contribution in [0.2, 0.25) is 0 Å². The number of nitrogens with zero attached hydrogens (tertiary/aromatic N) is 3. The molecule has 0 atom stereocenters.